The summed E-state index contributed by atoms with van der Waals surface area (Å²) in [6.07, 6.45) is 0. The van der Waals surface area contributed by atoms with E-state index in [0.717, 1.165) is 11.3 Å². The van der Waals surface area contributed by atoms with E-state index in [1.807, 2.05) is 45.9 Å². The summed E-state index contributed by atoms with van der Waals surface area (Å²) in [6.45, 7) is 8.35. The number of benzene rings is 1. The third kappa shape index (κ3) is 2.64. The molecule has 1 aromatic heterocycles. The Morgan fingerprint density at radius 3 is 2.75 bits per heavy atom. The molecular formula is C15H18N4O. The van der Waals surface area contributed by atoms with Crippen molar-refractivity contribution < 1.29 is 4.74 Å². The molecule has 1 aromatic carbocycles. The van der Waals surface area contributed by atoms with E-state index < -0.39 is 0 Å². The first kappa shape index (κ1) is 14.1. The van der Waals surface area contributed by atoms with Crippen LogP contribution in [0.25, 0.3) is 0 Å². The van der Waals surface area contributed by atoms with Gasteiger partial charge < -0.3 is 4.74 Å². The molecule has 0 atom stereocenters. The van der Waals surface area contributed by atoms with Gasteiger partial charge in [-0.2, -0.15) is 5.26 Å². The third-order valence-electron chi connectivity index (χ3n) is 3.31. The molecule has 0 saturated heterocycles. The molecule has 0 N–H and O–H groups in total. The van der Waals surface area contributed by atoms with E-state index in [-0.39, 0.29) is 6.04 Å². The smallest absolute Gasteiger partial charge is 0.189 e. The predicted octanol–water partition coefficient (Wildman–Crippen LogP) is 2.93. The summed E-state index contributed by atoms with van der Waals surface area (Å²) in [5.74, 6) is 0.824. The van der Waals surface area contributed by atoms with E-state index in [2.05, 4.69) is 16.4 Å². The second-order valence-corrected chi connectivity index (χ2v) is 5.02. The second kappa shape index (κ2) is 5.74. The number of ether oxygens (including phenoxy) is 1. The van der Waals surface area contributed by atoms with Gasteiger partial charge in [-0.25, -0.2) is 4.68 Å². The van der Waals surface area contributed by atoms with Crippen molar-refractivity contribution >= 4 is 0 Å². The molecule has 1 heterocycles. The van der Waals surface area contributed by atoms with E-state index in [4.69, 9.17) is 10.00 Å². The average molecular weight is 270 g/mol. The van der Waals surface area contributed by atoms with Crippen LogP contribution < -0.4 is 4.74 Å². The maximum Gasteiger partial charge on any atom is 0.189 e. The van der Waals surface area contributed by atoms with Gasteiger partial charge in [0.05, 0.1) is 0 Å². The molecule has 0 unspecified atom stereocenters. The van der Waals surface area contributed by atoms with Gasteiger partial charge in [-0.05, 0) is 44.9 Å². The SMILES string of the molecule is Cc1cccc(OCc2c(C#N)nnn2C(C)C)c1C. The van der Waals surface area contributed by atoms with Crippen LogP contribution in [0.4, 0.5) is 0 Å². The maximum absolute atomic E-state index is 9.09. The van der Waals surface area contributed by atoms with Crippen molar-refractivity contribution in [2.75, 3.05) is 0 Å². The Morgan fingerprint density at radius 1 is 1.35 bits per heavy atom. The molecule has 0 amide bonds. The molecule has 104 valence electrons. The summed E-state index contributed by atoms with van der Waals surface area (Å²) in [4.78, 5) is 0. The highest BCUT2D eigenvalue weighted by Crippen LogP contribution is 2.22. The van der Waals surface area contributed by atoms with Gasteiger partial charge in [0.1, 0.15) is 24.1 Å². The number of hydrogen-bond donors (Lipinski definition) is 0. The van der Waals surface area contributed by atoms with Gasteiger partial charge in [-0.15, -0.1) is 5.10 Å². The zero-order chi connectivity index (χ0) is 14.7. The van der Waals surface area contributed by atoms with Crippen LogP contribution in [0.15, 0.2) is 18.2 Å². The minimum absolute atomic E-state index is 0.141. The lowest BCUT2D eigenvalue weighted by atomic mass is 10.1. The fourth-order valence-corrected chi connectivity index (χ4v) is 1.98. The van der Waals surface area contributed by atoms with Gasteiger partial charge in [0, 0.05) is 6.04 Å². The molecule has 20 heavy (non-hydrogen) atoms. The van der Waals surface area contributed by atoms with Crippen molar-refractivity contribution in [2.24, 2.45) is 0 Å². The first-order valence-electron chi connectivity index (χ1n) is 6.57. The molecule has 0 fully saturated rings. The molecular weight excluding hydrogens is 252 g/mol. The summed E-state index contributed by atoms with van der Waals surface area (Å²) < 4.78 is 7.57. The summed E-state index contributed by atoms with van der Waals surface area (Å²) in [5.41, 5.74) is 3.32. The van der Waals surface area contributed by atoms with Crippen LogP contribution in [0.2, 0.25) is 0 Å². The Hall–Kier alpha value is -2.35. The predicted molar refractivity (Wildman–Crippen MR) is 75.4 cm³/mol. The van der Waals surface area contributed by atoms with E-state index in [1.54, 1.807) is 4.68 Å². The van der Waals surface area contributed by atoms with E-state index in [9.17, 15) is 0 Å². The van der Waals surface area contributed by atoms with Gasteiger partial charge >= 0.3 is 0 Å². The van der Waals surface area contributed by atoms with Gasteiger partial charge in [-0.3, -0.25) is 0 Å². The zero-order valence-electron chi connectivity index (χ0n) is 12.2. The second-order valence-electron chi connectivity index (χ2n) is 5.02. The monoisotopic (exact) mass is 270 g/mol. The fraction of sp³-hybridized carbons (Fsp3) is 0.400. The minimum atomic E-state index is 0.141. The van der Waals surface area contributed by atoms with Crippen LogP contribution in [-0.2, 0) is 6.61 Å². The standard InChI is InChI=1S/C15H18N4O/c1-10(2)19-14(13(8-16)17-18-19)9-20-15-7-5-6-11(3)12(15)4/h5-7,10H,9H2,1-4H3. The molecule has 0 bridgehead atoms. The van der Waals surface area contributed by atoms with E-state index in [1.165, 1.54) is 5.56 Å². The Balaban J connectivity index is 2.25. The van der Waals surface area contributed by atoms with Crippen LogP contribution in [0.5, 0.6) is 5.75 Å². The molecule has 5 nitrogen and oxygen atoms in total. The van der Waals surface area contributed by atoms with Gasteiger partial charge in [0.15, 0.2) is 5.69 Å². The summed E-state index contributed by atoms with van der Waals surface area (Å²) >= 11 is 0. The quantitative estimate of drug-likeness (QED) is 0.856. The number of aryl methyl sites for hydroxylation is 1. The summed E-state index contributed by atoms with van der Waals surface area (Å²) in [5, 5.41) is 17.0. The molecule has 2 aromatic rings. The highest BCUT2D eigenvalue weighted by molar-refractivity contribution is 5.38. The molecule has 0 radical (unpaired) electrons. The lowest BCUT2D eigenvalue weighted by molar-refractivity contribution is 0.285. The molecule has 0 aliphatic rings. The van der Waals surface area contributed by atoms with Gasteiger partial charge in [-0.1, -0.05) is 17.3 Å². The summed E-state index contributed by atoms with van der Waals surface area (Å²) in [7, 11) is 0. The van der Waals surface area contributed by atoms with Crippen LogP contribution in [0, 0.1) is 25.2 Å². The molecule has 2 rings (SSSR count). The first-order chi connectivity index (χ1) is 9.54. The molecule has 0 spiro atoms. The van der Waals surface area contributed by atoms with E-state index in [0.29, 0.717) is 18.0 Å². The van der Waals surface area contributed by atoms with Crippen molar-refractivity contribution in [3.63, 3.8) is 0 Å². The number of aromatic nitrogens is 3. The van der Waals surface area contributed by atoms with Crippen LogP contribution in [0.1, 0.15) is 42.4 Å². The molecule has 5 heteroatoms. The third-order valence-corrected chi connectivity index (χ3v) is 3.31. The van der Waals surface area contributed by atoms with Crippen LogP contribution in [0.3, 0.4) is 0 Å². The molecule has 0 aliphatic heterocycles. The summed E-state index contributed by atoms with van der Waals surface area (Å²) in [6, 6.07) is 8.13. The van der Waals surface area contributed by atoms with Crippen molar-refractivity contribution in [3.05, 3.63) is 40.7 Å². The van der Waals surface area contributed by atoms with Crippen molar-refractivity contribution in [1.29, 1.82) is 5.26 Å². The van der Waals surface area contributed by atoms with Crippen LogP contribution in [-0.4, -0.2) is 15.0 Å². The van der Waals surface area contributed by atoms with Crippen molar-refractivity contribution in [2.45, 2.75) is 40.3 Å². The zero-order valence-corrected chi connectivity index (χ0v) is 12.2. The lowest BCUT2D eigenvalue weighted by Crippen LogP contribution is -2.11. The van der Waals surface area contributed by atoms with Crippen molar-refractivity contribution in [1.82, 2.24) is 15.0 Å². The van der Waals surface area contributed by atoms with Gasteiger partial charge in [0.2, 0.25) is 0 Å². The highest BCUT2D eigenvalue weighted by atomic mass is 16.5. The largest absolute Gasteiger partial charge is 0.487 e. The Bertz CT molecular complexity index is 652. The molecule has 0 saturated carbocycles. The highest BCUT2D eigenvalue weighted by Gasteiger charge is 2.15. The Morgan fingerprint density at radius 2 is 2.10 bits per heavy atom. The fourth-order valence-electron chi connectivity index (χ4n) is 1.98. The topological polar surface area (TPSA) is 63.7 Å². The number of hydrogen-bond acceptors (Lipinski definition) is 4. The minimum Gasteiger partial charge on any atom is -0.487 e. The molecule has 0 aliphatic carbocycles. The maximum atomic E-state index is 9.09. The van der Waals surface area contributed by atoms with E-state index >= 15 is 0 Å². The van der Waals surface area contributed by atoms with Crippen molar-refractivity contribution in [3.8, 4) is 11.8 Å². The Labute approximate surface area is 118 Å². The lowest BCUT2D eigenvalue weighted by Gasteiger charge is -2.13. The number of rotatable bonds is 4. The Kier molecular flexibility index (Phi) is 4.04. The van der Waals surface area contributed by atoms with Crippen LogP contribution >= 0.6 is 0 Å². The number of nitriles is 1. The van der Waals surface area contributed by atoms with Gasteiger partial charge in [0.25, 0.3) is 0 Å². The normalized spacial score (nSPS) is 10.6. The average Bonchev–Trinajstić information content (AvgIpc) is 2.83. The number of nitrogens with zero attached hydrogens (tertiary/aromatic N) is 4. The first-order valence-corrected chi connectivity index (χ1v) is 6.57.